The summed E-state index contributed by atoms with van der Waals surface area (Å²) < 4.78 is 11.0. The Balaban J connectivity index is 1.29. The van der Waals surface area contributed by atoms with Crippen LogP contribution in [0.3, 0.4) is 0 Å². The topological polar surface area (TPSA) is 104 Å². The summed E-state index contributed by atoms with van der Waals surface area (Å²) in [7, 11) is 5.52. The highest BCUT2D eigenvalue weighted by Gasteiger charge is 2.50. The van der Waals surface area contributed by atoms with Crippen molar-refractivity contribution in [3.63, 3.8) is 0 Å². The van der Waals surface area contributed by atoms with E-state index in [2.05, 4.69) is 50.1 Å². The van der Waals surface area contributed by atoms with Gasteiger partial charge in [0.05, 0.1) is 14.2 Å². The molecule has 0 spiro atoms. The summed E-state index contributed by atoms with van der Waals surface area (Å²) in [6.07, 6.45) is 3.93. The number of hydrogen-bond donors (Lipinski definition) is 3. The predicted molar refractivity (Wildman–Crippen MR) is 126 cm³/mol. The molecular formula is C24H30N6O3. The van der Waals surface area contributed by atoms with Crippen molar-refractivity contribution in [1.29, 1.82) is 0 Å². The average molecular weight is 451 g/mol. The van der Waals surface area contributed by atoms with Gasteiger partial charge < -0.3 is 25.0 Å². The van der Waals surface area contributed by atoms with Gasteiger partial charge in [0.2, 0.25) is 0 Å². The number of aromatic nitrogens is 3. The van der Waals surface area contributed by atoms with E-state index < -0.39 is 0 Å². The highest BCUT2D eigenvalue weighted by molar-refractivity contribution is 5.91. The highest BCUT2D eigenvalue weighted by Crippen LogP contribution is 2.49. The summed E-state index contributed by atoms with van der Waals surface area (Å²) in [4.78, 5) is 15.2. The molecule has 1 aromatic heterocycles. The van der Waals surface area contributed by atoms with Gasteiger partial charge in [0.1, 0.15) is 11.0 Å². The Morgan fingerprint density at radius 3 is 2.73 bits per heavy atom. The van der Waals surface area contributed by atoms with E-state index in [0.29, 0.717) is 11.7 Å². The van der Waals surface area contributed by atoms with Crippen LogP contribution in [0, 0.1) is 0 Å². The number of likely N-dealkylation sites (N-methyl/N-ethyl adjacent to an activating group) is 1. The van der Waals surface area contributed by atoms with Gasteiger partial charge in [-0.05, 0) is 75.2 Å². The molecule has 1 aliphatic heterocycles. The van der Waals surface area contributed by atoms with Crippen LogP contribution in [0.15, 0.2) is 36.4 Å². The molecule has 3 N–H and O–H groups in total. The molecule has 2 heterocycles. The second-order valence-corrected chi connectivity index (χ2v) is 9.07. The van der Waals surface area contributed by atoms with Gasteiger partial charge in [-0.3, -0.25) is 0 Å². The summed E-state index contributed by atoms with van der Waals surface area (Å²) >= 11 is 0. The smallest absolute Gasteiger partial charge is 0.319 e. The Hall–Kier alpha value is -3.33. The molecule has 1 aliphatic carbocycles. The minimum atomic E-state index is -0.192. The zero-order valence-electron chi connectivity index (χ0n) is 19.2. The number of carbonyl (C=O) groups excluding carboxylic acids is 1. The van der Waals surface area contributed by atoms with E-state index in [1.54, 1.807) is 14.2 Å². The van der Waals surface area contributed by atoms with Gasteiger partial charge in [-0.1, -0.05) is 6.07 Å². The van der Waals surface area contributed by atoms with Crippen molar-refractivity contribution in [3.05, 3.63) is 42.0 Å². The van der Waals surface area contributed by atoms with Crippen LogP contribution in [0.4, 0.5) is 10.5 Å². The number of methoxy groups -OCH3 is 2. The summed E-state index contributed by atoms with van der Waals surface area (Å²) in [6, 6.07) is 12.0. The number of nitrogens with zero attached hydrogens (tertiary/aromatic N) is 3. The largest absolute Gasteiger partial charge is 0.493 e. The fourth-order valence-corrected chi connectivity index (χ4v) is 5.67. The molecule has 9 nitrogen and oxygen atoms in total. The van der Waals surface area contributed by atoms with Crippen LogP contribution in [0.5, 0.6) is 11.5 Å². The molecule has 2 amide bonds. The second kappa shape index (κ2) is 8.55. The quantitative estimate of drug-likeness (QED) is 0.551. The third-order valence-electron chi connectivity index (χ3n) is 7.40. The SMILES string of the molecule is COc1ccc(C23CCC(NC(=O)Nc4ccc5n[nH]nc5c4)CC2N(C)CC3)cc1OC. The van der Waals surface area contributed by atoms with E-state index in [1.165, 1.54) is 5.56 Å². The number of ether oxygens (including phenoxy) is 2. The third kappa shape index (κ3) is 3.86. The first-order valence-corrected chi connectivity index (χ1v) is 11.3. The van der Waals surface area contributed by atoms with E-state index >= 15 is 0 Å². The maximum atomic E-state index is 12.7. The minimum Gasteiger partial charge on any atom is -0.493 e. The monoisotopic (exact) mass is 450 g/mol. The van der Waals surface area contributed by atoms with Crippen LogP contribution in [-0.4, -0.2) is 66.2 Å². The predicted octanol–water partition coefficient (Wildman–Crippen LogP) is 3.29. The van der Waals surface area contributed by atoms with E-state index in [1.807, 2.05) is 24.3 Å². The molecule has 2 fully saturated rings. The maximum Gasteiger partial charge on any atom is 0.319 e. The van der Waals surface area contributed by atoms with Crippen LogP contribution in [-0.2, 0) is 5.41 Å². The van der Waals surface area contributed by atoms with Crippen LogP contribution in [0.25, 0.3) is 11.0 Å². The van der Waals surface area contributed by atoms with Gasteiger partial charge in [-0.2, -0.15) is 15.4 Å². The summed E-state index contributed by atoms with van der Waals surface area (Å²) in [5, 5.41) is 16.8. The third-order valence-corrected chi connectivity index (χ3v) is 7.40. The van der Waals surface area contributed by atoms with Crippen molar-refractivity contribution in [2.75, 3.05) is 33.1 Å². The highest BCUT2D eigenvalue weighted by atomic mass is 16.5. The molecular weight excluding hydrogens is 420 g/mol. The zero-order chi connectivity index (χ0) is 23.0. The molecule has 1 saturated carbocycles. The number of H-pyrrole nitrogens is 1. The lowest BCUT2D eigenvalue weighted by Crippen LogP contribution is -2.52. The molecule has 0 bridgehead atoms. The van der Waals surface area contributed by atoms with Crippen molar-refractivity contribution in [1.82, 2.24) is 25.6 Å². The van der Waals surface area contributed by atoms with Gasteiger partial charge in [-0.15, -0.1) is 0 Å². The first-order chi connectivity index (χ1) is 16.0. The molecule has 0 radical (unpaired) electrons. The van der Waals surface area contributed by atoms with Gasteiger partial charge in [0.25, 0.3) is 0 Å². The Kier molecular flexibility index (Phi) is 5.57. The molecule has 2 aromatic carbocycles. The fourth-order valence-electron chi connectivity index (χ4n) is 5.67. The van der Waals surface area contributed by atoms with Crippen molar-refractivity contribution in [2.45, 2.75) is 43.2 Å². The molecule has 2 aliphatic rings. The number of amides is 2. The Labute approximate surface area is 192 Å². The lowest BCUT2D eigenvalue weighted by Gasteiger charge is -2.45. The van der Waals surface area contributed by atoms with E-state index in [-0.39, 0.29) is 17.5 Å². The molecule has 3 aromatic rings. The lowest BCUT2D eigenvalue weighted by molar-refractivity contribution is 0.156. The van der Waals surface area contributed by atoms with Crippen molar-refractivity contribution >= 4 is 22.8 Å². The second-order valence-electron chi connectivity index (χ2n) is 9.07. The molecule has 1 saturated heterocycles. The number of aromatic amines is 1. The summed E-state index contributed by atoms with van der Waals surface area (Å²) in [5.74, 6) is 1.51. The molecule has 174 valence electrons. The van der Waals surface area contributed by atoms with Gasteiger partial charge in [-0.25, -0.2) is 4.79 Å². The molecule has 33 heavy (non-hydrogen) atoms. The number of anilines is 1. The Morgan fingerprint density at radius 2 is 1.91 bits per heavy atom. The first-order valence-electron chi connectivity index (χ1n) is 11.3. The number of urea groups is 1. The Morgan fingerprint density at radius 1 is 1.09 bits per heavy atom. The number of benzene rings is 2. The normalized spacial score (nSPS) is 24.9. The van der Waals surface area contributed by atoms with Crippen molar-refractivity contribution in [2.24, 2.45) is 0 Å². The molecule has 3 unspecified atom stereocenters. The van der Waals surface area contributed by atoms with Crippen molar-refractivity contribution < 1.29 is 14.3 Å². The first kappa shape index (κ1) is 21.5. The molecule has 3 atom stereocenters. The number of likely N-dealkylation sites (tertiary alicyclic amines) is 1. The Bertz CT molecular complexity index is 1160. The van der Waals surface area contributed by atoms with Crippen LogP contribution < -0.4 is 20.1 Å². The minimum absolute atomic E-state index is 0.0565. The number of carbonyl (C=O) groups is 1. The molecule has 9 heteroatoms. The standard InChI is InChI=1S/C24H30N6O3/c1-30-11-10-24(15-4-7-20(32-2)21(12-15)33-3)9-8-17(14-22(24)30)26-23(31)25-16-5-6-18-19(13-16)28-29-27-18/h4-7,12-13,17,22H,8-11,14H2,1-3H3,(H2,25,26,31)(H,27,28,29). The molecule has 5 rings (SSSR count). The van der Waals surface area contributed by atoms with E-state index in [4.69, 9.17) is 9.47 Å². The average Bonchev–Trinajstić information content (AvgIpc) is 3.43. The number of rotatable bonds is 5. The fraction of sp³-hybridized carbons (Fsp3) is 0.458. The summed E-state index contributed by atoms with van der Waals surface area (Å²) in [5.41, 5.74) is 3.53. The van der Waals surface area contributed by atoms with Gasteiger partial charge in [0.15, 0.2) is 11.5 Å². The number of fused-ring (bicyclic) bond motifs is 2. The van der Waals surface area contributed by atoms with Crippen LogP contribution in [0.1, 0.15) is 31.2 Å². The van der Waals surface area contributed by atoms with Crippen molar-refractivity contribution in [3.8, 4) is 11.5 Å². The van der Waals surface area contributed by atoms with Gasteiger partial charge >= 0.3 is 6.03 Å². The van der Waals surface area contributed by atoms with E-state index in [0.717, 1.165) is 54.8 Å². The number of hydrogen-bond acceptors (Lipinski definition) is 6. The maximum absolute atomic E-state index is 12.7. The van der Waals surface area contributed by atoms with E-state index in [9.17, 15) is 4.79 Å². The van der Waals surface area contributed by atoms with Crippen LogP contribution >= 0.6 is 0 Å². The van der Waals surface area contributed by atoms with Gasteiger partial charge in [0, 0.05) is 23.2 Å². The number of nitrogens with one attached hydrogen (secondary N) is 3. The van der Waals surface area contributed by atoms with Crippen LogP contribution in [0.2, 0.25) is 0 Å². The zero-order valence-corrected chi connectivity index (χ0v) is 19.2. The lowest BCUT2D eigenvalue weighted by atomic mass is 9.65. The summed E-state index contributed by atoms with van der Waals surface area (Å²) in [6.45, 7) is 1.04.